The number of aryl methyl sites for hydroxylation is 1. The lowest BCUT2D eigenvalue weighted by Crippen LogP contribution is -2.56. The number of carbonyl (C=O) groups is 5. The zero-order valence-electron chi connectivity index (χ0n) is 39.4. The number of fused-ring (bicyclic) bond motifs is 5. The molecule has 18 nitrogen and oxygen atoms in total. The van der Waals surface area contributed by atoms with Gasteiger partial charge < -0.3 is 52.8 Å². The third kappa shape index (κ3) is 13.1. The second kappa shape index (κ2) is 22.5. The van der Waals surface area contributed by atoms with E-state index in [9.17, 15) is 29.2 Å². The predicted molar refractivity (Wildman–Crippen MR) is 253 cm³/mol. The maximum atomic E-state index is 14.7. The molecule has 10 N–H and O–H groups in total. The van der Waals surface area contributed by atoms with E-state index in [1.807, 2.05) is 30.3 Å². The van der Waals surface area contributed by atoms with Gasteiger partial charge in [0, 0.05) is 48.4 Å². The van der Waals surface area contributed by atoms with Gasteiger partial charge in [0.1, 0.15) is 55.4 Å². The zero-order chi connectivity index (χ0) is 49.2. The van der Waals surface area contributed by atoms with E-state index < -0.39 is 53.7 Å². The summed E-state index contributed by atoms with van der Waals surface area (Å²) >= 11 is 0. The molecule has 356 valence electrons. The Morgan fingerprint density at radius 3 is 2.15 bits per heavy atom. The van der Waals surface area contributed by atoms with Crippen LogP contribution in [-0.4, -0.2) is 108 Å². The fourth-order valence-electron chi connectivity index (χ4n) is 7.42. The number of nitrogens with two attached hydrogens (primary N) is 3. The molecule has 0 spiro atoms. The van der Waals surface area contributed by atoms with Crippen molar-refractivity contribution in [2.24, 2.45) is 17.2 Å². The van der Waals surface area contributed by atoms with E-state index in [0.29, 0.717) is 45.3 Å². The molecular weight excluding hydrogens is 855 g/mol. The van der Waals surface area contributed by atoms with Crippen molar-refractivity contribution >= 4 is 29.5 Å². The first kappa shape index (κ1) is 51.1. The van der Waals surface area contributed by atoms with E-state index in [-0.39, 0.29) is 62.2 Å². The number of hydrogen-bond donors (Lipinski definition) is 7. The number of rotatable bonds is 15. The van der Waals surface area contributed by atoms with Crippen LogP contribution in [0.5, 0.6) is 11.5 Å². The summed E-state index contributed by atoms with van der Waals surface area (Å²) in [5.41, 5.74) is 22.5. The largest absolute Gasteiger partial charge is 0.491 e. The molecule has 67 heavy (non-hydrogen) atoms. The first-order chi connectivity index (χ1) is 31.7. The van der Waals surface area contributed by atoms with Crippen molar-refractivity contribution in [1.82, 2.24) is 36.1 Å². The lowest BCUT2D eigenvalue weighted by Gasteiger charge is -2.32. The van der Waals surface area contributed by atoms with E-state index in [1.54, 1.807) is 57.2 Å². The monoisotopic (exact) mass is 917 g/mol. The summed E-state index contributed by atoms with van der Waals surface area (Å²) in [6.45, 7) is 13.0. The highest BCUT2D eigenvalue weighted by Crippen LogP contribution is 2.40. The summed E-state index contributed by atoms with van der Waals surface area (Å²) in [7, 11) is 1.41. The Bertz CT molecular complexity index is 2480. The number of nitrogens with one attached hydrogen (secondary N) is 4. The lowest BCUT2D eigenvalue weighted by atomic mass is 9.87. The van der Waals surface area contributed by atoms with Gasteiger partial charge in [-0.1, -0.05) is 57.2 Å². The minimum Gasteiger partial charge on any atom is -0.491 e. The van der Waals surface area contributed by atoms with Gasteiger partial charge in [0.15, 0.2) is 5.82 Å². The molecule has 0 radical (unpaired) electrons. The molecule has 4 aromatic rings. The second-order valence-electron chi connectivity index (χ2n) is 18.0. The number of amides is 5. The lowest BCUT2D eigenvalue weighted by molar-refractivity contribution is -0.141. The molecule has 4 bridgehead atoms. The highest BCUT2D eigenvalue weighted by atomic mass is 16.5. The molecule has 0 saturated heterocycles. The minimum absolute atomic E-state index is 0.00220. The number of likely N-dealkylation sites (N-methyl/N-ethyl adjacent to an activating group) is 1. The molecule has 1 aliphatic heterocycles. The fourth-order valence-corrected chi connectivity index (χ4v) is 7.42. The Balaban J connectivity index is 1.58. The van der Waals surface area contributed by atoms with Crippen LogP contribution in [-0.2, 0) is 31.0 Å². The van der Waals surface area contributed by atoms with Crippen molar-refractivity contribution in [3.8, 4) is 40.1 Å². The summed E-state index contributed by atoms with van der Waals surface area (Å²) in [5, 5.41) is 19.9. The Hall–Kier alpha value is -6.94. The number of aromatic nitrogens is 2. The number of carbonyl (C=O) groups excluding carboxylic acids is 5. The highest BCUT2D eigenvalue weighted by molar-refractivity contribution is 6.00. The molecule has 1 aliphatic rings. The van der Waals surface area contributed by atoms with Gasteiger partial charge in [-0.2, -0.15) is 5.26 Å². The van der Waals surface area contributed by atoms with Crippen molar-refractivity contribution in [2.45, 2.75) is 103 Å². The Kier molecular flexibility index (Phi) is 17.1. The van der Waals surface area contributed by atoms with Crippen LogP contribution in [0.2, 0.25) is 0 Å². The van der Waals surface area contributed by atoms with Crippen molar-refractivity contribution in [3.63, 3.8) is 0 Å². The fraction of sp³-hybridized carbons (Fsp3) is 0.429. The van der Waals surface area contributed by atoms with Gasteiger partial charge >= 0.3 is 0 Å². The van der Waals surface area contributed by atoms with Gasteiger partial charge in [-0.05, 0) is 87.0 Å². The summed E-state index contributed by atoms with van der Waals surface area (Å²) in [4.78, 5) is 80.7. The number of ether oxygens (including phenoxy) is 2. The van der Waals surface area contributed by atoms with Crippen LogP contribution < -0.4 is 47.9 Å². The van der Waals surface area contributed by atoms with E-state index in [2.05, 4.69) is 52.0 Å². The molecular formula is C49H63N11O7. The van der Waals surface area contributed by atoms with E-state index in [0.717, 1.165) is 11.1 Å². The van der Waals surface area contributed by atoms with Gasteiger partial charge in [0.2, 0.25) is 23.6 Å². The molecule has 0 aliphatic carbocycles. The molecule has 6 atom stereocenters. The first-order valence-corrected chi connectivity index (χ1v) is 22.2. The normalized spacial score (nSPS) is 17.6. The standard InChI is InChI=1S/C49H63N11O7/c1-27(52)25-66-40-15-9-31-21-35(40)36-23-33(12-16-41(36)67-26-28(2)53)42(47(64)57-30(4)44(61)59-39(22-31)46(63)54-20-19-51)60(8)48(65)38(17-18-50)58-45(62)37-24-55-43(56-29(37)3)32-10-13-34(14-11-32)49(5,6)7/h9-16,21,23-24,27-28,30,38-39,42H,17-18,20,22,25-26,50,52-53H2,1-8H3,(H,54,63)(H,57,64)(H,58,62)(H,59,61)/t27?,28?,30-,38?,39-,42-/m0/s1. The highest BCUT2D eigenvalue weighted by Gasteiger charge is 2.36. The van der Waals surface area contributed by atoms with Crippen molar-refractivity contribution in [2.75, 3.05) is 33.4 Å². The maximum Gasteiger partial charge on any atom is 0.255 e. The number of nitriles is 1. The molecule has 18 heteroatoms. The first-order valence-electron chi connectivity index (χ1n) is 22.2. The van der Waals surface area contributed by atoms with Gasteiger partial charge in [0.05, 0.1) is 17.3 Å². The predicted octanol–water partition coefficient (Wildman–Crippen LogP) is 2.70. The van der Waals surface area contributed by atoms with Gasteiger partial charge in [-0.25, -0.2) is 9.97 Å². The van der Waals surface area contributed by atoms with E-state index in [4.69, 9.17) is 26.7 Å². The molecule has 5 rings (SSSR count). The summed E-state index contributed by atoms with van der Waals surface area (Å²) in [6, 6.07) is 14.2. The number of hydrogen-bond acceptors (Lipinski definition) is 13. The number of nitrogens with zero attached hydrogens (tertiary/aromatic N) is 4. The summed E-state index contributed by atoms with van der Waals surface area (Å²) in [5.74, 6) is -2.19. The topological polar surface area (TPSA) is 283 Å². The van der Waals surface area contributed by atoms with Crippen LogP contribution in [0, 0.1) is 18.3 Å². The van der Waals surface area contributed by atoms with Gasteiger partial charge in [-0.15, -0.1) is 0 Å². The Labute approximate surface area is 391 Å². The van der Waals surface area contributed by atoms with Crippen molar-refractivity contribution in [1.29, 1.82) is 5.26 Å². The molecule has 1 aromatic heterocycles. The van der Waals surface area contributed by atoms with Crippen LogP contribution in [0.4, 0.5) is 0 Å². The maximum absolute atomic E-state index is 14.7. The quantitative estimate of drug-likeness (QED) is 0.0846. The van der Waals surface area contributed by atoms with Gasteiger partial charge in [-0.3, -0.25) is 24.0 Å². The Morgan fingerprint density at radius 2 is 1.57 bits per heavy atom. The van der Waals surface area contributed by atoms with Crippen LogP contribution in [0.15, 0.2) is 66.9 Å². The molecule has 3 unspecified atom stereocenters. The number of benzene rings is 3. The SMILES string of the molecule is Cc1nc(-c2ccc(C(C)(C)C)cc2)ncc1C(=O)NC(CCN)C(=O)N(C)[C@@H]1C(=O)N[C@@H](C)C(=O)N[C@H](C(=O)NCC#N)Cc2ccc(OCC(C)N)c(c2)-c2cc1ccc2OCC(C)N. The third-order valence-electron chi connectivity index (χ3n) is 11.1. The van der Waals surface area contributed by atoms with E-state index >= 15 is 0 Å². The van der Waals surface area contributed by atoms with Gasteiger partial charge in [0.25, 0.3) is 5.91 Å². The van der Waals surface area contributed by atoms with Crippen LogP contribution in [0.25, 0.3) is 22.5 Å². The van der Waals surface area contributed by atoms with Crippen LogP contribution in [0.3, 0.4) is 0 Å². The van der Waals surface area contributed by atoms with Crippen LogP contribution in [0.1, 0.15) is 86.7 Å². The molecule has 5 amide bonds. The Morgan fingerprint density at radius 1 is 0.940 bits per heavy atom. The van der Waals surface area contributed by atoms with Crippen molar-refractivity contribution in [3.05, 3.63) is 94.8 Å². The minimum atomic E-state index is -1.41. The smallest absolute Gasteiger partial charge is 0.255 e. The zero-order valence-corrected chi connectivity index (χ0v) is 39.4. The average molecular weight is 918 g/mol. The van der Waals surface area contributed by atoms with Crippen molar-refractivity contribution < 1.29 is 33.4 Å². The summed E-state index contributed by atoms with van der Waals surface area (Å²) in [6.07, 6.45) is 1.40. The van der Waals surface area contributed by atoms with E-state index in [1.165, 1.54) is 25.1 Å². The second-order valence-corrected chi connectivity index (χ2v) is 18.0. The molecule has 0 fully saturated rings. The molecule has 3 aromatic carbocycles. The molecule has 2 heterocycles. The summed E-state index contributed by atoms with van der Waals surface area (Å²) < 4.78 is 12.4. The average Bonchev–Trinajstić information content (AvgIpc) is 3.28. The third-order valence-corrected chi connectivity index (χ3v) is 11.1. The van der Waals surface area contributed by atoms with Crippen LogP contribution >= 0.6 is 0 Å². The molecule has 0 saturated carbocycles.